The summed E-state index contributed by atoms with van der Waals surface area (Å²) in [5.74, 6) is 5.74. The molecular formula is C16H21NO2. The number of benzene rings is 1. The van der Waals surface area contributed by atoms with Crippen molar-refractivity contribution in [2.24, 2.45) is 0 Å². The Morgan fingerprint density at radius 1 is 1.47 bits per heavy atom. The number of carbonyl (C=O) groups excluding carboxylic acids is 1. The summed E-state index contributed by atoms with van der Waals surface area (Å²) in [7, 11) is 0. The van der Waals surface area contributed by atoms with E-state index in [9.17, 15) is 4.79 Å². The molecule has 0 aliphatic rings. The highest BCUT2D eigenvalue weighted by molar-refractivity contribution is 5.96. The molecule has 1 atom stereocenters. The minimum atomic E-state index is -0.0577. The molecule has 1 rings (SSSR count). The maximum Gasteiger partial charge on any atom is 0.251 e. The smallest absolute Gasteiger partial charge is 0.251 e. The number of nitrogens with one attached hydrogen (secondary N) is 1. The molecule has 0 aromatic heterocycles. The first-order valence-corrected chi connectivity index (χ1v) is 6.59. The fraction of sp³-hybridized carbons (Fsp3) is 0.438. The fourth-order valence-electron chi connectivity index (χ4n) is 1.57. The topological polar surface area (TPSA) is 49.3 Å². The second-order valence-electron chi connectivity index (χ2n) is 4.59. The number of carbonyl (C=O) groups is 1. The molecule has 19 heavy (non-hydrogen) atoms. The van der Waals surface area contributed by atoms with Crippen LogP contribution in [0.2, 0.25) is 0 Å². The van der Waals surface area contributed by atoms with E-state index >= 15 is 0 Å². The number of aliphatic hydroxyl groups is 1. The van der Waals surface area contributed by atoms with Gasteiger partial charge in [-0.05, 0) is 38.0 Å². The van der Waals surface area contributed by atoms with Gasteiger partial charge in [0.2, 0.25) is 0 Å². The minimum absolute atomic E-state index is 0.0558. The van der Waals surface area contributed by atoms with E-state index in [1.807, 2.05) is 32.9 Å². The standard InChI is InChI=1S/C16H21NO2/c1-4-13(3)17-16(19)15-11-14(7-5-6-10-18)9-8-12(15)2/h8-9,11,13,18H,4,6,10H2,1-3H3,(H,17,19). The molecule has 1 aromatic rings. The van der Waals surface area contributed by atoms with Gasteiger partial charge < -0.3 is 10.4 Å². The monoisotopic (exact) mass is 259 g/mol. The molecule has 0 spiro atoms. The lowest BCUT2D eigenvalue weighted by molar-refractivity contribution is 0.0938. The van der Waals surface area contributed by atoms with Gasteiger partial charge in [-0.25, -0.2) is 0 Å². The molecule has 0 aliphatic carbocycles. The first-order chi connectivity index (χ1) is 9.08. The summed E-state index contributed by atoms with van der Waals surface area (Å²) in [6, 6.07) is 5.75. The van der Waals surface area contributed by atoms with Gasteiger partial charge in [0, 0.05) is 23.6 Å². The van der Waals surface area contributed by atoms with E-state index in [0.717, 1.165) is 17.5 Å². The molecule has 1 amide bonds. The quantitative estimate of drug-likeness (QED) is 0.815. The van der Waals surface area contributed by atoms with Crippen LogP contribution in [0.15, 0.2) is 18.2 Å². The molecule has 0 fully saturated rings. The van der Waals surface area contributed by atoms with E-state index in [2.05, 4.69) is 17.2 Å². The molecule has 0 radical (unpaired) electrons. The van der Waals surface area contributed by atoms with Crippen molar-refractivity contribution >= 4 is 5.91 Å². The van der Waals surface area contributed by atoms with Crippen molar-refractivity contribution in [3.8, 4) is 11.8 Å². The normalized spacial score (nSPS) is 11.4. The first kappa shape index (κ1) is 15.3. The van der Waals surface area contributed by atoms with Crippen molar-refractivity contribution in [3.05, 3.63) is 34.9 Å². The first-order valence-electron chi connectivity index (χ1n) is 6.59. The zero-order valence-electron chi connectivity index (χ0n) is 11.8. The van der Waals surface area contributed by atoms with E-state index in [4.69, 9.17) is 5.11 Å². The number of hydrogen-bond acceptors (Lipinski definition) is 2. The van der Waals surface area contributed by atoms with Gasteiger partial charge in [0.25, 0.3) is 5.91 Å². The van der Waals surface area contributed by atoms with Crippen LogP contribution < -0.4 is 5.32 Å². The number of amides is 1. The molecule has 1 unspecified atom stereocenters. The van der Waals surface area contributed by atoms with Crippen molar-refractivity contribution in [1.29, 1.82) is 0 Å². The van der Waals surface area contributed by atoms with Gasteiger partial charge in [-0.1, -0.05) is 24.8 Å². The average Bonchev–Trinajstić information content (AvgIpc) is 2.40. The Balaban J connectivity index is 2.91. The number of aliphatic hydroxyl groups excluding tert-OH is 1. The second kappa shape index (κ2) is 7.60. The highest BCUT2D eigenvalue weighted by Crippen LogP contribution is 2.11. The molecular weight excluding hydrogens is 238 g/mol. The van der Waals surface area contributed by atoms with E-state index in [1.54, 1.807) is 6.07 Å². The molecule has 0 saturated carbocycles. The molecule has 0 aliphatic heterocycles. The van der Waals surface area contributed by atoms with Crippen LogP contribution in [0.25, 0.3) is 0 Å². The van der Waals surface area contributed by atoms with Crippen LogP contribution >= 0.6 is 0 Å². The van der Waals surface area contributed by atoms with Gasteiger partial charge in [0.15, 0.2) is 0 Å². The maximum absolute atomic E-state index is 12.1. The zero-order valence-corrected chi connectivity index (χ0v) is 11.8. The summed E-state index contributed by atoms with van der Waals surface area (Å²) < 4.78 is 0. The van der Waals surface area contributed by atoms with Crippen LogP contribution in [0.5, 0.6) is 0 Å². The molecule has 0 heterocycles. The third-order valence-corrected chi connectivity index (χ3v) is 2.94. The minimum Gasteiger partial charge on any atom is -0.395 e. The third-order valence-electron chi connectivity index (χ3n) is 2.94. The SMILES string of the molecule is CCC(C)NC(=O)c1cc(C#CCCO)ccc1C. The van der Waals surface area contributed by atoms with E-state index in [1.165, 1.54) is 0 Å². The Bertz CT molecular complexity index is 497. The van der Waals surface area contributed by atoms with E-state index < -0.39 is 0 Å². The lowest BCUT2D eigenvalue weighted by Crippen LogP contribution is -2.32. The molecule has 0 bridgehead atoms. The number of hydrogen-bond donors (Lipinski definition) is 2. The lowest BCUT2D eigenvalue weighted by atomic mass is 10.0. The number of aryl methyl sites for hydroxylation is 1. The van der Waals surface area contributed by atoms with Gasteiger partial charge in [-0.2, -0.15) is 0 Å². The summed E-state index contributed by atoms with van der Waals surface area (Å²) in [6.07, 6.45) is 1.35. The lowest BCUT2D eigenvalue weighted by Gasteiger charge is -2.13. The Labute approximate surface area is 115 Å². The second-order valence-corrected chi connectivity index (χ2v) is 4.59. The van der Waals surface area contributed by atoms with Crippen LogP contribution in [-0.2, 0) is 0 Å². The Morgan fingerprint density at radius 2 is 2.21 bits per heavy atom. The average molecular weight is 259 g/mol. The van der Waals surface area contributed by atoms with Crippen molar-refractivity contribution in [2.45, 2.75) is 39.7 Å². The van der Waals surface area contributed by atoms with Crippen LogP contribution in [0.3, 0.4) is 0 Å². The third kappa shape index (κ3) is 4.76. The summed E-state index contributed by atoms with van der Waals surface area (Å²) >= 11 is 0. The summed E-state index contributed by atoms with van der Waals surface area (Å²) in [6.45, 7) is 5.99. The zero-order chi connectivity index (χ0) is 14.3. The van der Waals surface area contributed by atoms with Gasteiger partial charge in [-0.3, -0.25) is 4.79 Å². The van der Waals surface area contributed by atoms with Crippen LogP contribution in [0.1, 0.15) is 48.2 Å². The van der Waals surface area contributed by atoms with Crippen LogP contribution in [-0.4, -0.2) is 23.7 Å². The highest BCUT2D eigenvalue weighted by Gasteiger charge is 2.11. The van der Waals surface area contributed by atoms with E-state index in [0.29, 0.717) is 12.0 Å². The summed E-state index contributed by atoms with van der Waals surface area (Å²) in [5, 5.41) is 11.6. The summed E-state index contributed by atoms with van der Waals surface area (Å²) in [4.78, 5) is 12.1. The van der Waals surface area contributed by atoms with Gasteiger partial charge in [0.05, 0.1) is 6.61 Å². The van der Waals surface area contributed by atoms with Crippen molar-refractivity contribution in [3.63, 3.8) is 0 Å². The molecule has 102 valence electrons. The number of rotatable bonds is 4. The van der Waals surface area contributed by atoms with Gasteiger partial charge in [0.1, 0.15) is 0 Å². The van der Waals surface area contributed by atoms with E-state index in [-0.39, 0.29) is 18.6 Å². The molecule has 1 aromatic carbocycles. The molecule has 0 saturated heterocycles. The Kier molecular flexibility index (Phi) is 6.11. The molecule has 2 N–H and O–H groups in total. The Hall–Kier alpha value is -1.79. The fourth-order valence-corrected chi connectivity index (χ4v) is 1.57. The predicted molar refractivity (Wildman–Crippen MR) is 77.0 cm³/mol. The van der Waals surface area contributed by atoms with Crippen molar-refractivity contribution in [2.75, 3.05) is 6.61 Å². The van der Waals surface area contributed by atoms with Crippen molar-refractivity contribution in [1.82, 2.24) is 5.32 Å². The largest absolute Gasteiger partial charge is 0.395 e. The summed E-state index contributed by atoms with van der Waals surface area (Å²) in [5.41, 5.74) is 2.40. The van der Waals surface area contributed by atoms with Gasteiger partial charge in [-0.15, -0.1) is 0 Å². The van der Waals surface area contributed by atoms with Crippen LogP contribution in [0.4, 0.5) is 0 Å². The maximum atomic E-state index is 12.1. The predicted octanol–water partition coefficient (Wildman–Crippen LogP) is 2.26. The van der Waals surface area contributed by atoms with Crippen molar-refractivity contribution < 1.29 is 9.90 Å². The highest BCUT2D eigenvalue weighted by atomic mass is 16.2. The van der Waals surface area contributed by atoms with Gasteiger partial charge >= 0.3 is 0 Å². The Morgan fingerprint density at radius 3 is 2.84 bits per heavy atom. The molecule has 3 nitrogen and oxygen atoms in total. The molecule has 3 heteroatoms. The van der Waals surface area contributed by atoms with Crippen LogP contribution in [0, 0.1) is 18.8 Å².